The van der Waals surface area contributed by atoms with Gasteiger partial charge in [-0.3, -0.25) is 0 Å². The molecule has 0 fully saturated rings. The van der Waals surface area contributed by atoms with Crippen LogP contribution in [0.25, 0.3) is 0 Å². The van der Waals surface area contributed by atoms with E-state index in [0.29, 0.717) is 27.2 Å². The minimum Gasteiger partial charge on any atom is -0.455 e. The third-order valence-corrected chi connectivity index (χ3v) is 4.01. The third-order valence-electron chi connectivity index (χ3n) is 2.69. The van der Waals surface area contributed by atoms with Crippen LogP contribution in [0.4, 0.5) is 5.69 Å². The third kappa shape index (κ3) is 3.08. The number of ether oxygens (including phenoxy) is 1. The highest BCUT2D eigenvalue weighted by Crippen LogP contribution is 2.36. The zero-order valence-electron chi connectivity index (χ0n) is 10.4. The first-order valence-electron chi connectivity index (χ1n) is 5.57. The molecule has 0 saturated carbocycles. The molecule has 0 aromatic heterocycles. The average Bonchev–Trinajstić information content (AvgIpc) is 2.33. The van der Waals surface area contributed by atoms with Crippen molar-refractivity contribution in [3.05, 3.63) is 50.5 Å². The van der Waals surface area contributed by atoms with Crippen LogP contribution < -0.4 is 10.5 Å². The van der Waals surface area contributed by atoms with Gasteiger partial charge < -0.3 is 10.5 Å². The second-order valence-corrected chi connectivity index (χ2v) is 5.47. The van der Waals surface area contributed by atoms with Crippen molar-refractivity contribution in [2.45, 2.75) is 13.8 Å². The van der Waals surface area contributed by atoms with Crippen molar-refractivity contribution in [3.8, 4) is 11.5 Å². The first kappa shape index (κ1) is 14.3. The quantitative estimate of drug-likeness (QED) is 0.728. The lowest BCUT2D eigenvalue weighted by atomic mass is 10.1. The summed E-state index contributed by atoms with van der Waals surface area (Å²) >= 11 is 17.9. The van der Waals surface area contributed by atoms with E-state index >= 15 is 0 Å². The summed E-state index contributed by atoms with van der Waals surface area (Å²) in [6, 6.07) is 6.85. The van der Waals surface area contributed by atoms with Gasteiger partial charge in [-0.15, -0.1) is 0 Å². The molecule has 0 amide bonds. The SMILES string of the molecule is Cc1cc(Oc2cc(Cl)c(Cl)cc2N)cc(C)c1Cl. The molecule has 2 aromatic rings. The molecule has 0 heterocycles. The van der Waals surface area contributed by atoms with Crippen LogP contribution in [-0.2, 0) is 0 Å². The first-order valence-corrected chi connectivity index (χ1v) is 6.71. The van der Waals surface area contributed by atoms with Gasteiger partial charge in [-0.25, -0.2) is 0 Å². The van der Waals surface area contributed by atoms with E-state index in [0.717, 1.165) is 16.1 Å². The molecule has 0 bridgehead atoms. The summed E-state index contributed by atoms with van der Waals surface area (Å²) in [7, 11) is 0. The summed E-state index contributed by atoms with van der Waals surface area (Å²) in [6.07, 6.45) is 0. The van der Waals surface area contributed by atoms with Gasteiger partial charge >= 0.3 is 0 Å². The Balaban J connectivity index is 2.39. The molecule has 0 aliphatic carbocycles. The second kappa shape index (κ2) is 5.49. The van der Waals surface area contributed by atoms with Crippen LogP contribution in [0, 0.1) is 13.8 Å². The fourth-order valence-electron chi connectivity index (χ4n) is 1.72. The van der Waals surface area contributed by atoms with Crippen molar-refractivity contribution >= 4 is 40.5 Å². The lowest BCUT2D eigenvalue weighted by Gasteiger charge is -2.12. The predicted molar refractivity (Wildman–Crippen MR) is 81.9 cm³/mol. The number of benzene rings is 2. The maximum Gasteiger partial charge on any atom is 0.151 e. The molecular formula is C14H12Cl3NO. The van der Waals surface area contributed by atoms with Crippen LogP contribution in [0.1, 0.15) is 11.1 Å². The van der Waals surface area contributed by atoms with Crippen LogP contribution in [0.2, 0.25) is 15.1 Å². The van der Waals surface area contributed by atoms with Crippen molar-refractivity contribution in [1.29, 1.82) is 0 Å². The van der Waals surface area contributed by atoms with E-state index in [9.17, 15) is 0 Å². The van der Waals surface area contributed by atoms with Crippen molar-refractivity contribution in [3.63, 3.8) is 0 Å². The molecule has 100 valence electrons. The molecule has 0 aliphatic heterocycles. The lowest BCUT2D eigenvalue weighted by Crippen LogP contribution is -1.94. The van der Waals surface area contributed by atoms with Gasteiger partial charge in [0.25, 0.3) is 0 Å². The Labute approximate surface area is 127 Å². The minimum atomic E-state index is 0.397. The van der Waals surface area contributed by atoms with Gasteiger partial charge in [-0.2, -0.15) is 0 Å². The van der Waals surface area contributed by atoms with Crippen LogP contribution >= 0.6 is 34.8 Å². The Morgan fingerprint density at radius 2 is 1.42 bits per heavy atom. The lowest BCUT2D eigenvalue weighted by molar-refractivity contribution is 0.484. The van der Waals surface area contributed by atoms with Gasteiger partial charge in [0.1, 0.15) is 5.75 Å². The van der Waals surface area contributed by atoms with Gasteiger partial charge in [0.05, 0.1) is 15.7 Å². The number of nitrogens with two attached hydrogens (primary N) is 1. The monoisotopic (exact) mass is 315 g/mol. The molecule has 2 aromatic carbocycles. The normalized spacial score (nSPS) is 10.6. The second-order valence-electron chi connectivity index (χ2n) is 4.28. The van der Waals surface area contributed by atoms with Gasteiger partial charge in [0.2, 0.25) is 0 Å². The molecule has 2 nitrogen and oxygen atoms in total. The fraction of sp³-hybridized carbons (Fsp3) is 0.143. The van der Waals surface area contributed by atoms with Crippen LogP contribution in [0.5, 0.6) is 11.5 Å². The Bertz CT molecular complexity index is 618. The summed E-state index contributed by atoms with van der Waals surface area (Å²) < 4.78 is 5.73. The number of hydrogen-bond donors (Lipinski definition) is 1. The Morgan fingerprint density at radius 3 is 2.00 bits per heavy atom. The van der Waals surface area contributed by atoms with Gasteiger partial charge in [-0.1, -0.05) is 34.8 Å². The van der Waals surface area contributed by atoms with E-state index in [2.05, 4.69) is 0 Å². The molecule has 0 radical (unpaired) electrons. The Morgan fingerprint density at radius 1 is 0.895 bits per heavy atom. The number of anilines is 1. The minimum absolute atomic E-state index is 0.397. The molecule has 5 heteroatoms. The number of aryl methyl sites for hydroxylation is 2. The van der Waals surface area contributed by atoms with E-state index in [1.165, 1.54) is 0 Å². The summed E-state index contributed by atoms with van der Waals surface area (Å²) in [6.45, 7) is 3.83. The van der Waals surface area contributed by atoms with E-state index in [1.54, 1.807) is 12.1 Å². The van der Waals surface area contributed by atoms with Crippen LogP contribution in [0.3, 0.4) is 0 Å². The van der Waals surface area contributed by atoms with E-state index in [1.807, 2.05) is 26.0 Å². The molecule has 2 N–H and O–H groups in total. The number of hydrogen-bond acceptors (Lipinski definition) is 2. The average molecular weight is 317 g/mol. The van der Waals surface area contributed by atoms with Crippen LogP contribution in [-0.4, -0.2) is 0 Å². The Hall–Kier alpha value is -1.09. The molecule has 0 atom stereocenters. The predicted octanol–water partition coefficient (Wildman–Crippen LogP) is 5.64. The highest BCUT2D eigenvalue weighted by atomic mass is 35.5. The first-order chi connectivity index (χ1) is 8.88. The molecule has 0 spiro atoms. The summed E-state index contributed by atoms with van der Waals surface area (Å²) in [4.78, 5) is 0. The van der Waals surface area contributed by atoms with E-state index in [-0.39, 0.29) is 0 Å². The zero-order valence-corrected chi connectivity index (χ0v) is 12.7. The summed E-state index contributed by atoms with van der Waals surface area (Å²) in [5.74, 6) is 1.13. The molecule has 0 saturated heterocycles. The van der Waals surface area contributed by atoms with E-state index in [4.69, 9.17) is 45.3 Å². The largest absolute Gasteiger partial charge is 0.455 e. The topological polar surface area (TPSA) is 35.2 Å². The maximum atomic E-state index is 6.11. The van der Waals surface area contributed by atoms with Gasteiger partial charge in [0.15, 0.2) is 5.75 Å². The highest BCUT2D eigenvalue weighted by molar-refractivity contribution is 6.42. The van der Waals surface area contributed by atoms with E-state index < -0.39 is 0 Å². The number of halogens is 3. The molecular weight excluding hydrogens is 305 g/mol. The molecule has 0 unspecified atom stereocenters. The van der Waals surface area contributed by atoms with Crippen LogP contribution in [0.15, 0.2) is 24.3 Å². The smallest absolute Gasteiger partial charge is 0.151 e. The van der Waals surface area contributed by atoms with Crippen molar-refractivity contribution in [2.75, 3.05) is 5.73 Å². The summed E-state index contributed by atoms with van der Waals surface area (Å²) in [5, 5.41) is 1.53. The standard InChI is InChI=1S/C14H12Cl3NO/c1-7-3-9(4-8(2)14(7)17)19-13-6-11(16)10(15)5-12(13)18/h3-6H,18H2,1-2H3. The zero-order chi connectivity index (χ0) is 14.2. The van der Waals surface area contributed by atoms with Crippen molar-refractivity contribution in [1.82, 2.24) is 0 Å². The molecule has 2 rings (SSSR count). The summed E-state index contributed by atoms with van der Waals surface area (Å²) in [5.41, 5.74) is 8.16. The highest BCUT2D eigenvalue weighted by Gasteiger charge is 2.09. The number of rotatable bonds is 2. The van der Waals surface area contributed by atoms with Gasteiger partial charge in [0, 0.05) is 11.1 Å². The van der Waals surface area contributed by atoms with Crippen molar-refractivity contribution < 1.29 is 4.74 Å². The van der Waals surface area contributed by atoms with Gasteiger partial charge in [-0.05, 0) is 43.2 Å². The van der Waals surface area contributed by atoms with Crippen molar-refractivity contribution in [2.24, 2.45) is 0 Å². The molecule has 19 heavy (non-hydrogen) atoms. The Kier molecular flexibility index (Phi) is 4.14. The number of nitrogen functional groups attached to an aromatic ring is 1. The molecule has 0 aliphatic rings. The fourth-order valence-corrected chi connectivity index (χ4v) is 2.16. The maximum absolute atomic E-state index is 6.11.